The lowest BCUT2D eigenvalue weighted by atomic mass is 9.97. The normalized spacial score (nSPS) is 15.5. The van der Waals surface area contributed by atoms with Gasteiger partial charge in [0, 0.05) is 53.4 Å². The fourth-order valence-electron chi connectivity index (χ4n) is 5.40. The molecule has 0 aromatic heterocycles. The summed E-state index contributed by atoms with van der Waals surface area (Å²) in [6, 6.07) is 25.6. The standard InChI is InChI=1S/C36H38Cl3N3O2/c1-23-5-7-26(8-6-23)24(2)40-36(43)25(3)44-35-10-9-27(15-31(35)22-42-13-11-41(4)12-14-42)28-16-29(18-32(37)17-28)30-19-33(38)21-34(39)20-30/h5-10,15-21,24-25H,11-14,22H2,1-4H3,(H,40,43). The van der Waals surface area contributed by atoms with Crippen LogP contribution in [0.1, 0.15) is 36.6 Å². The minimum absolute atomic E-state index is 0.132. The summed E-state index contributed by atoms with van der Waals surface area (Å²) in [6.07, 6.45) is -0.676. The van der Waals surface area contributed by atoms with Gasteiger partial charge < -0.3 is 15.0 Å². The van der Waals surface area contributed by atoms with Crippen LogP contribution in [0.25, 0.3) is 22.3 Å². The van der Waals surface area contributed by atoms with Crippen LogP contribution in [-0.4, -0.2) is 55.0 Å². The van der Waals surface area contributed by atoms with Crippen molar-refractivity contribution in [3.05, 3.63) is 111 Å². The third-order valence-electron chi connectivity index (χ3n) is 8.09. The highest BCUT2D eigenvalue weighted by molar-refractivity contribution is 6.35. The second kappa shape index (κ2) is 14.4. The van der Waals surface area contributed by atoms with Gasteiger partial charge in [-0.3, -0.25) is 9.69 Å². The Bertz CT molecular complexity index is 1600. The quantitative estimate of drug-likeness (QED) is 0.197. The Morgan fingerprint density at radius 3 is 1.98 bits per heavy atom. The van der Waals surface area contributed by atoms with Gasteiger partial charge in [-0.2, -0.15) is 0 Å². The Labute approximate surface area is 275 Å². The number of carbonyl (C=O) groups is 1. The maximum atomic E-state index is 13.2. The van der Waals surface area contributed by atoms with Crippen LogP contribution in [0.2, 0.25) is 15.1 Å². The monoisotopic (exact) mass is 649 g/mol. The number of aryl methyl sites for hydroxylation is 1. The summed E-state index contributed by atoms with van der Waals surface area (Å²) in [5.74, 6) is 0.537. The molecule has 0 bridgehead atoms. The van der Waals surface area contributed by atoms with Crippen molar-refractivity contribution >= 4 is 40.7 Å². The molecule has 4 aromatic rings. The molecule has 1 fully saturated rings. The summed E-state index contributed by atoms with van der Waals surface area (Å²) in [4.78, 5) is 18.0. The fraction of sp³-hybridized carbons (Fsp3) is 0.306. The van der Waals surface area contributed by atoms with Crippen molar-refractivity contribution in [2.75, 3.05) is 33.2 Å². The molecule has 1 heterocycles. The summed E-state index contributed by atoms with van der Waals surface area (Å²) in [7, 11) is 2.15. The molecule has 1 N–H and O–H groups in total. The van der Waals surface area contributed by atoms with Gasteiger partial charge in [-0.05, 0) is 104 Å². The number of piperazine rings is 1. The van der Waals surface area contributed by atoms with Gasteiger partial charge in [0.05, 0.1) is 6.04 Å². The number of rotatable bonds is 9. The lowest BCUT2D eigenvalue weighted by molar-refractivity contribution is -0.127. The van der Waals surface area contributed by atoms with E-state index in [0.717, 1.165) is 59.6 Å². The number of carbonyl (C=O) groups excluding carboxylic acids is 1. The number of hydrogen-bond acceptors (Lipinski definition) is 4. The maximum absolute atomic E-state index is 13.2. The number of benzene rings is 4. The Morgan fingerprint density at radius 2 is 1.34 bits per heavy atom. The predicted octanol–water partition coefficient (Wildman–Crippen LogP) is 8.68. The molecule has 5 rings (SSSR count). The van der Waals surface area contributed by atoms with Gasteiger partial charge in [-0.1, -0.05) is 70.7 Å². The second-order valence-corrected chi connectivity index (χ2v) is 13.0. The molecule has 5 nitrogen and oxygen atoms in total. The van der Waals surface area contributed by atoms with Crippen LogP contribution >= 0.6 is 34.8 Å². The second-order valence-electron chi connectivity index (χ2n) is 11.7. The molecule has 230 valence electrons. The van der Waals surface area contributed by atoms with E-state index >= 15 is 0 Å². The lowest BCUT2D eigenvalue weighted by Crippen LogP contribution is -2.44. The van der Waals surface area contributed by atoms with E-state index in [4.69, 9.17) is 39.5 Å². The third-order valence-corrected chi connectivity index (χ3v) is 8.74. The number of nitrogens with one attached hydrogen (secondary N) is 1. The highest BCUT2D eigenvalue weighted by Crippen LogP contribution is 2.35. The SMILES string of the molecule is Cc1ccc(C(C)NC(=O)C(C)Oc2ccc(-c3cc(Cl)cc(-c4cc(Cl)cc(Cl)c4)c3)cc2CN2CCN(C)CC2)cc1. The number of nitrogens with zero attached hydrogens (tertiary/aromatic N) is 2. The molecule has 4 aromatic carbocycles. The van der Waals surface area contributed by atoms with Gasteiger partial charge in [-0.25, -0.2) is 0 Å². The summed E-state index contributed by atoms with van der Waals surface area (Å²) in [5.41, 5.74) is 7.04. The van der Waals surface area contributed by atoms with Crippen molar-refractivity contribution < 1.29 is 9.53 Å². The van der Waals surface area contributed by atoms with E-state index in [2.05, 4.69) is 53.4 Å². The Hall–Kier alpha value is -3.06. The first-order valence-electron chi connectivity index (χ1n) is 14.9. The number of ether oxygens (including phenoxy) is 1. The molecular weight excluding hydrogens is 613 g/mol. The molecular formula is C36H38Cl3N3O2. The van der Waals surface area contributed by atoms with E-state index in [1.807, 2.05) is 55.5 Å². The van der Waals surface area contributed by atoms with Crippen LogP contribution in [0, 0.1) is 6.92 Å². The highest BCUT2D eigenvalue weighted by atomic mass is 35.5. The average Bonchev–Trinajstić information content (AvgIpc) is 2.98. The van der Waals surface area contributed by atoms with Crippen molar-refractivity contribution in [3.8, 4) is 28.0 Å². The zero-order valence-corrected chi connectivity index (χ0v) is 27.8. The molecule has 0 saturated carbocycles. The van der Waals surface area contributed by atoms with Crippen molar-refractivity contribution in [1.29, 1.82) is 0 Å². The number of hydrogen-bond donors (Lipinski definition) is 1. The van der Waals surface area contributed by atoms with Gasteiger partial charge in [0.2, 0.25) is 0 Å². The van der Waals surface area contributed by atoms with E-state index in [1.54, 1.807) is 13.0 Å². The molecule has 0 spiro atoms. The molecule has 0 aliphatic carbocycles. The molecule has 1 amide bonds. The molecule has 1 aliphatic heterocycles. The largest absolute Gasteiger partial charge is 0.481 e. The summed E-state index contributed by atoms with van der Waals surface area (Å²) >= 11 is 19.2. The highest BCUT2D eigenvalue weighted by Gasteiger charge is 2.22. The smallest absolute Gasteiger partial charge is 0.261 e. The topological polar surface area (TPSA) is 44.8 Å². The Morgan fingerprint density at radius 1 is 0.773 bits per heavy atom. The van der Waals surface area contributed by atoms with Crippen LogP contribution < -0.4 is 10.1 Å². The molecule has 1 saturated heterocycles. The zero-order chi connectivity index (χ0) is 31.4. The minimum Gasteiger partial charge on any atom is -0.481 e. The van der Waals surface area contributed by atoms with E-state index < -0.39 is 6.10 Å². The van der Waals surface area contributed by atoms with Crippen LogP contribution in [0.15, 0.2) is 78.9 Å². The van der Waals surface area contributed by atoms with E-state index in [0.29, 0.717) is 27.4 Å². The molecule has 0 radical (unpaired) electrons. The molecule has 1 aliphatic rings. The van der Waals surface area contributed by atoms with Crippen molar-refractivity contribution in [1.82, 2.24) is 15.1 Å². The predicted molar refractivity (Wildman–Crippen MR) is 183 cm³/mol. The lowest BCUT2D eigenvalue weighted by Gasteiger charge is -2.33. The minimum atomic E-state index is -0.676. The Balaban J connectivity index is 1.41. The first kappa shape index (κ1) is 32.3. The van der Waals surface area contributed by atoms with Crippen molar-refractivity contribution in [3.63, 3.8) is 0 Å². The third kappa shape index (κ3) is 8.35. The maximum Gasteiger partial charge on any atom is 0.261 e. The first-order chi connectivity index (χ1) is 21.0. The number of likely N-dealkylation sites (N-methyl/N-ethyl adjacent to an activating group) is 1. The summed E-state index contributed by atoms with van der Waals surface area (Å²) in [6.45, 7) is 10.5. The van der Waals surface area contributed by atoms with Gasteiger partial charge in [0.25, 0.3) is 5.91 Å². The number of amides is 1. The van der Waals surface area contributed by atoms with E-state index in [-0.39, 0.29) is 11.9 Å². The van der Waals surface area contributed by atoms with Crippen LogP contribution in [0.3, 0.4) is 0 Å². The van der Waals surface area contributed by atoms with Crippen molar-refractivity contribution in [2.45, 2.75) is 39.5 Å². The molecule has 44 heavy (non-hydrogen) atoms. The molecule has 8 heteroatoms. The Kier molecular flexibility index (Phi) is 10.6. The van der Waals surface area contributed by atoms with Crippen LogP contribution in [0.4, 0.5) is 0 Å². The van der Waals surface area contributed by atoms with Crippen LogP contribution in [0.5, 0.6) is 5.75 Å². The van der Waals surface area contributed by atoms with E-state index in [1.165, 1.54) is 5.56 Å². The summed E-state index contributed by atoms with van der Waals surface area (Å²) < 4.78 is 6.36. The van der Waals surface area contributed by atoms with Gasteiger partial charge >= 0.3 is 0 Å². The van der Waals surface area contributed by atoms with Crippen molar-refractivity contribution in [2.24, 2.45) is 0 Å². The number of halogens is 3. The first-order valence-corrected chi connectivity index (χ1v) is 16.0. The average molecular weight is 651 g/mol. The van der Waals surface area contributed by atoms with Crippen LogP contribution in [-0.2, 0) is 11.3 Å². The summed E-state index contributed by atoms with van der Waals surface area (Å²) in [5, 5.41) is 4.85. The van der Waals surface area contributed by atoms with E-state index in [9.17, 15) is 4.79 Å². The molecule has 2 unspecified atom stereocenters. The van der Waals surface area contributed by atoms with Gasteiger partial charge in [0.15, 0.2) is 6.10 Å². The van der Waals surface area contributed by atoms with Gasteiger partial charge in [-0.15, -0.1) is 0 Å². The molecule has 2 atom stereocenters. The fourth-order valence-corrected chi connectivity index (χ4v) is 6.16. The van der Waals surface area contributed by atoms with Gasteiger partial charge in [0.1, 0.15) is 5.75 Å². The zero-order valence-electron chi connectivity index (χ0n) is 25.5.